The number of aromatic hydroxyl groups is 2. The standard InChI is InChI=1S/C19H15BrO3/c20-19-15(12-23-14-9-5-2-6-10-14)18(16(21)11-17(19)22)13-7-3-1-4-8-13/h1-11,21-22H,12H2. The van der Waals surface area contributed by atoms with Gasteiger partial charge in [-0.25, -0.2) is 0 Å². The molecular formula is C19H15BrO3. The average Bonchev–Trinajstić information content (AvgIpc) is 2.58. The first kappa shape index (κ1) is 15.4. The molecule has 0 amide bonds. The molecule has 0 aliphatic heterocycles. The summed E-state index contributed by atoms with van der Waals surface area (Å²) in [5.74, 6) is 0.721. The van der Waals surface area contributed by atoms with E-state index in [1.165, 1.54) is 6.07 Å². The van der Waals surface area contributed by atoms with Crippen LogP contribution >= 0.6 is 15.9 Å². The van der Waals surface area contributed by atoms with Crippen LogP contribution in [0.25, 0.3) is 11.1 Å². The summed E-state index contributed by atoms with van der Waals surface area (Å²) >= 11 is 3.39. The highest BCUT2D eigenvalue weighted by Crippen LogP contribution is 2.42. The lowest BCUT2D eigenvalue weighted by Crippen LogP contribution is -2.00. The quantitative estimate of drug-likeness (QED) is 0.670. The molecule has 116 valence electrons. The highest BCUT2D eigenvalue weighted by Gasteiger charge is 2.18. The maximum absolute atomic E-state index is 10.3. The van der Waals surface area contributed by atoms with Gasteiger partial charge in [-0.2, -0.15) is 0 Å². The normalized spacial score (nSPS) is 10.5. The topological polar surface area (TPSA) is 49.7 Å². The Morgan fingerprint density at radius 1 is 0.826 bits per heavy atom. The van der Waals surface area contributed by atoms with E-state index in [0.29, 0.717) is 15.6 Å². The number of benzene rings is 3. The number of rotatable bonds is 4. The fourth-order valence-corrected chi connectivity index (χ4v) is 2.85. The van der Waals surface area contributed by atoms with Crippen LogP contribution in [0.2, 0.25) is 0 Å². The zero-order valence-corrected chi connectivity index (χ0v) is 13.8. The maximum Gasteiger partial charge on any atom is 0.133 e. The molecule has 0 saturated heterocycles. The van der Waals surface area contributed by atoms with E-state index in [1.807, 2.05) is 60.7 Å². The summed E-state index contributed by atoms with van der Waals surface area (Å²) in [7, 11) is 0. The number of hydrogen-bond donors (Lipinski definition) is 2. The summed E-state index contributed by atoms with van der Waals surface area (Å²) in [4.78, 5) is 0. The third kappa shape index (κ3) is 3.32. The molecular weight excluding hydrogens is 356 g/mol. The van der Waals surface area contributed by atoms with Crippen molar-refractivity contribution >= 4 is 15.9 Å². The molecule has 2 N–H and O–H groups in total. The average molecular weight is 371 g/mol. The van der Waals surface area contributed by atoms with Crippen molar-refractivity contribution in [1.29, 1.82) is 0 Å². The van der Waals surface area contributed by atoms with Crippen LogP contribution in [0.15, 0.2) is 71.2 Å². The zero-order chi connectivity index (χ0) is 16.2. The first-order valence-electron chi connectivity index (χ1n) is 7.13. The third-order valence-corrected chi connectivity index (χ3v) is 4.39. The first-order valence-corrected chi connectivity index (χ1v) is 7.92. The van der Waals surface area contributed by atoms with Gasteiger partial charge in [0.15, 0.2) is 0 Å². The molecule has 3 aromatic rings. The molecule has 0 aliphatic rings. The minimum absolute atomic E-state index is 0.0172. The van der Waals surface area contributed by atoms with Crippen LogP contribution in [0.4, 0.5) is 0 Å². The molecule has 3 rings (SSSR count). The molecule has 0 fully saturated rings. The van der Waals surface area contributed by atoms with Crippen molar-refractivity contribution in [1.82, 2.24) is 0 Å². The Balaban J connectivity index is 2.03. The fraction of sp³-hybridized carbons (Fsp3) is 0.0526. The molecule has 3 nitrogen and oxygen atoms in total. The largest absolute Gasteiger partial charge is 0.507 e. The van der Waals surface area contributed by atoms with Gasteiger partial charge in [-0.15, -0.1) is 0 Å². The SMILES string of the molecule is Oc1cc(O)c(-c2ccccc2)c(COc2ccccc2)c1Br. The van der Waals surface area contributed by atoms with Crippen LogP contribution in [-0.4, -0.2) is 10.2 Å². The van der Waals surface area contributed by atoms with E-state index in [2.05, 4.69) is 15.9 Å². The molecule has 23 heavy (non-hydrogen) atoms. The molecule has 3 aromatic carbocycles. The molecule has 0 bridgehead atoms. The van der Waals surface area contributed by atoms with E-state index in [-0.39, 0.29) is 18.1 Å². The molecule has 0 heterocycles. The molecule has 0 aliphatic carbocycles. The highest BCUT2D eigenvalue weighted by atomic mass is 79.9. The molecule has 0 atom stereocenters. The van der Waals surface area contributed by atoms with Crippen molar-refractivity contribution in [2.45, 2.75) is 6.61 Å². The highest BCUT2D eigenvalue weighted by molar-refractivity contribution is 9.10. The fourth-order valence-electron chi connectivity index (χ4n) is 2.42. The van der Waals surface area contributed by atoms with E-state index >= 15 is 0 Å². The summed E-state index contributed by atoms with van der Waals surface area (Å²) in [6.45, 7) is 0.219. The lowest BCUT2D eigenvalue weighted by Gasteiger charge is -2.16. The van der Waals surface area contributed by atoms with E-state index in [1.54, 1.807) is 0 Å². The van der Waals surface area contributed by atoms with Crippen molar-refractivity contribution in [2.24, 2.45) is 0 Å². The van der Waals surface area contributed by atoms with Crippen molar-refractivity contribution in [3.63, 3.8) is 0 Å². The molecule has 0 saturated carbocycles. The van der Waals surface area contributed by atoms with Crippen LogP contribution in [0.5, 0.6) is 17.2 Å². The minimum atomic E-state index is -0.0196. The molecule has 0 aromatic heterocycles. The Kier molecular flexibility index (Phi) is 4.53. The van der Waals surface area contributed by atoms with Gasteiger partial charge in [0.2, 0.25) is 0 Å². The summed E-state index contributed by atoms with van der Waals surface area (Å²) in [6, 6.07) is 20.3. The van der Waals surface area contributed by atoms with Crippen LogP contribution in [0.3, 0.4) is 0 Å². The van der Waals surface area contributed by atoms with Crippen LogP contribution in [0.1, 0.15) is 5.56 Å². The number of para-hydroxylation sites is 1. The van der Waals surface area contributed by atoms with Crippen molar-refractivity contribution in [2.75, 3.05) is 0 Å². The predicted molar refractivity (Wildman–Crippen MR) is 93.7 cm³/mol. The van der Waals surface area contributed by atoms with Crippen molar-refractivity contribution < 1.29 is 14.9 Å². The number of ether oxygens (including phenoxy) is 1. The Morgan fingerprint density at radius 2 is 1.43 bits per heavy atom. The van der Waals surface area contributed by atoms with Gasteiger partial charge >= 0.3 is 0 Å². The third-order valence-electron chi connectivity index (χ3n) is 3.51. The lowest BCUT2D eigenvalue weighted by atomic mass is 9.98. The van der Waals surface area contributed by atoms with E-state index in [9.17, 15) is 10.2 Å². The Morgan fingerprint density at radius 3 is 2.09 bits per heavy atom. The van der Waals surface area contributed by atoms with Crippen LogP contribution in [0, 0.1) is 0 Å². The van der Waals surface area contributed by atoms with Crippen molar-refractivity contribution in [3.8, 4) is 28.4 Å². The maximum atomic E-state index is 10.3. The van der Waals surface area contributed by atoms with Gasteiger partial charge in [0.1, 0.15) is 23.9 Å². The Labute approximate surface area is 142 Å². The minimum Gasteiger partial charge on any atom is -0.507 e. The number of phenolic OH excluding ortho intramolecular Hbond substituents is 2. The van der Waals surface area contributed by atoms with Gasteiger partial charge in [0.05, 0.1) is 4.47 Å². The predicted octanol–water partition coefficient (Wildman–Crippen LogP) is 5.11. The zero-order valence-electron chi connectivity index (χ0n) is 12.2. The van der Waals surface area contributed by atoms with E-state index < -0.39 is 0 Å². The van der Waals surface area contributed by atoms with Crippen LogP contribution < -0.4 is 4.74 Å². The van der Waals surface area contributed by atoms with Gasteiger partial charge < -0.3 is 14.9 Å². The molecule has 0 unspecified atom stereocenters. The number of halogens is 1. The van der Waals surface area contributed by atoms with Gasteiger partial charge in [0.25, 0.3) is 0 Å². The number of phenols is 2. The second kappa shape index (κ2) is 6.75. The second-order valence-electron chi connectivity index (χ2n) is 5.05. The summed E-state index contributed by atoms with van der Waals surface area (Å²) < 4.78 is 6.31. The second-order valence-corrected chi connectivity index (χ2v) is 5.84. The van der Waals surface area contributed by atoms with Gasteiger partial charge in [-0.05, 0) is 33.6 Å². The Hall–Kier alpha value is -2.46. The van der Waals surface area contributed by atoms with Gasteiger partial charge in [-0.1, -0.05) is 48.5 Å². The van der Waals surface area contributed by atoms with Crippen LogP contribution in [-0.2, 0) is 6.61 Å². The smallest absolute Gasteiger partial charge is 0.133 e. The summed E-state index contributed by atoms with van der Waals surface area (Å²) in [5, 5.41) is 20.3. The molecule has 0 spiro atoms. The Bertz CT molecular complexity index is 802. The summed E-state index contributed by atoms with van der Waals surface area (Å²) in [6.07, 6.45) is 0. The first-order chi connectivity index (χ1) is 11.2. The monoisotopic (exact) mass is 370 g/mol. The van der Waals surface area contributed by atoms with Crippen molar-refractivity contribution in [3.05, 3.63) is 76.8 Å². The lowest BCUT2D eigenvalue weighted by molar-refractivity contribution is 0.304. The van der Waals surface area contributed by atoms with Gasteiger partial charge in [-0.3, -0.25) is 0 Å². The molecule has 4 heteroatoms. The van der Waals surface area contributed by atoms with Gasteiger partial charge in [0, 0.05) is 17.2 Å². The molecule has 0 radical (unpaired) electrons. The van der Waals surface area contributed by atoms with E-state index in [0.717, 1.165) is 11.3 Å². The number of hydrogen-bond acceptors (Lipinski definition) is 3. The van der Waals surface area contributed by atoms with E-state index in [4.69, 9.17) is 4.74 Å². The summed E-state index contributed by atoms with van der Waals surface area (Å²) in [5.41, 5.74) is 2.20.